The predicted octanol–water partition coefficient (Wildman–Crippen LogP) is 3.90. The summed E-state index contributed by atoms with van der Waals surface area (Å²) in [6.07, 6.45) is 1.45. The van der Waals surface area contributed by atoms with E-state index in [0.29, 0.717) is 16.8 Å². The number of benzene rings is 2. The molecule has 3 rings (SSSR count). The zero-order valence-corrected chi connectivity index (χ0v) is 14.6. The predicted molar refractivity (Wildman–Crippen MR) is 100 cm³/mol. The van der Waals surface area contributed by atoms with Gasteiger partial charge >= 0.3 is 0 Å². The lowest BCUT2D eigenvalue weighted by Gasteiger charge is -2.11. The molecule has 0 aliphatic rings. The Kier molecular flexibility index (Phi) is 4.98. The number of aryl methyl sites for hydroxylation is 2. The van der Waals surface area contributed by atoms with Gasteiger partial charge in [0.15, 0.2) is 0 Å². The molecular weight excluding hydrogens is 331 g/mol. The highest BCUT2D eigenvalue weighted by atomic mass is 19.1. The summed E-state index contributed by atoms with van der Waals surface area (Å²) in [6, 6.07) is 14.8. The summed E-state index contributed by atoms with van der Waals surface area (Å²) in [5.74, 6) is -0.705. The van der Waals surface area contributed by atoms with Crippen LogP contribution in [0.4, 0.5) is 10.1 Å². The Morgan fingerprint density at radius 1 is 1.08 bits per heavy atom. The smallest absolute Gasteiger partial charge is 0.257 e. The minimum absolute atomic E-state index is 0.0657. The van der Waals surface area contributed by atoms with Crippen LogP contribution in [0.3, 0.4) is 0 Å². The van der Waals surface area contributed by atoms with Crippen LogP contribution < -0.4 is 10.9 Å². The normalized spacial score (nSPS) is 10.6. The maximum Gasteiger partial charge on any atom is 0.257 e. The van der Waals surface area contributed by atoms with E-state index < -0.39 is 0 Å². The average molecular weight is 350 g/mol. The lowest BCUT2D eigenvalue weighted by atomic mass is 10.1. The van der Waals surface area contributed by atoms with Crippen molar-refractivity contribution in [2.24, 2.45) is 0 Å². The number of halogens is 1. The number of hydrogen-bond acceptors (Lipinski definition) is 2. The van der Waals surface area contributed by atoms with Crippen LogP contribution in [-0.2, 0) is 6.54 Å². The van der Waals surface area contributed by atoms with Crippen LogP contribution in [-0.4, -0.2) is 10.5 Å². The molecule has 0 saturated carbocycles. The number of carbonyl (C=O) groups is 1. The molecule has 26 heavy (non-hydrogen) atoms. The Morgan fingerprint density at radius 2 is 1.85 bits per heavy atom. The molecule has 0 spiro atoms. The van der Waals surface area contributed by atoms with Crippen molar-refractivity contribution >= 4 is 11.6 Å². The molecule has 4 nitrogen and oxygen atoms in total. The third-order valence-electron chi connectivity index (χ3n) is 4.17. The molecule has 132 valence electrons. The highest BCUT2D eigenvalue weighted by Gasteiger charge is 2.11. The molecule has 0 atom stereocenters. The highest BCUT2D eigenvalue weighted by Crippen LogP contribution is 2.17. The van der Waals surface area contributed by atoms with E-state index in [-0.39, 0.29) is 23.8 Å². The van der Waals surface area contributed by atoms with E-state index in [1.807, 2.05) is 32.0 Å². The van der Waals surface area contributed by atoms with Crippen molar-refractivity contribution in [1.29, 1.82) is 0 Å². The molecule has 1 aromatic heterocycles. The second kappa shape index (κ2) is 7.35. The number of rotatable bonds is 4. The number of amides is 1. The molecular formula is C21H19FN2O2. The van der Waals surface area contributed by atoms with Crippen molar-refractivity contribution in [3.05, 3.63) is 99.2 Å². The minimum Gasteiger partial charge on any atom is -0.322 e. The second-order valence-electron chi connectivity index (χ2n) is 6.25. The minimum atomic E-state index is -0.385. The van der Waals surface area contributed by atoms with Crippen molar-refractivity contribution in [2.75, 3.05) is 5.32 Å². The summed E-state index contributed by atoms with van der Waals surface area (Å²) in [7, 11) is 0. The monoisotopic (exact) mass is 350 g/mol. The van der Waals surface area contributed by atoms with Gasteiger partial charge in [-0.15, -0.1) is 0 Å². The molecule has 0 fully saturated rings. The van der Waals surface area contributed by atoms with Gasteiger partial charge in [0.25, 0.3) is 11.5 Å². The van der Waals surface area contributed by atoms with Crippen molar-refractivity contribution in [1.82, 2.24) is 4.57 Å². The molecule has 0 aliphatic carbocycles. The van der Waals surface area contributed by atoms with Gasteiger partial charge in [0, 0.05) is 23.5 Å². The Morgan fingerprint density at radius 3 is 2.58 bits per heavy atom. The van der Waals surface area contributed by atoms with E-state index in [9.17, 15) is 14.0 Å². The first-order valence-corrected chi connectivity index (χ1v) is 8.26. The van der Waals surface area contributed by atoms with Gasteiger partial charge < -0.3 is 9.88 Å². The van der Waals surface area contributed by atoms with Gasteiger partial charge in [-0.05, 0) is 37.6 Å². The van der Waals surface area contributed by atoms with Crippen LogP contribution >= 0.6 is 0 Å². The molecule has 0 radical (unpaired) electrons. The van der Waals surface area contributed by atoms with E-state index in [0.717, 1.165) is 11.1 Å². The van der Waals surface area contributed by atoms with E-state index in [4.69, 9.17) is 0 Å². The van der Waals surface area contributed by atoms with Gasteiger partial charge in [-0.3, -0.25) is 9.59 Å². The zero-order chi connectivity index (χ0) is 18.7. The first-order chi connectivity index (χ1) is 12.4. The van der Waals surface area contributed by atoms with Gasteiger partial charge in [0.05, 0.1) is 12.1 Å². The number of aromatic nitrogens is 1. The fourth-order valence-corrected chi connectivity index (χ4v) is 2.75. The van der Waals surface area contributed by atoms with Gasteiger partial charge in [0.2, 0.25) is 0 Å². The summed E-state index contributed by atoms with van der Waals surface area (Å²) in [6.45, 7) is 3.97. The fourth-order valence-electron chi connectivity index (χ4n) is 2.75. The lowest BCUT2D eigenvalue weighted by molar-refractivity contribution is 0.102. The maximum atomic E-state index is 13.8. The first-order valence-electron chi connectivity index (χ1n) is 8.26. The Balaban J connectivity index is 1.86. The number of hydrogen-bond donors (Lipinski definition) is 1. The Bertz CT molecular complexity index is 1020. The molecule has 0 bridgehead atoms. The summed E-state index contributed by atoms with van der Waals surface area (Å²) in [5.41, 5.74) is 3.21. The summed E-state index contributed by atoms with van der Waals surface area (Å²) < 4.78 is 15.2. The fraction of sp³-hybridized carbons (Fsp3) is 0.143. The Labute approximate surface area is 150 Å². The topological polar surface area (TPSA) is 51.1 Å². The number of carbonyl (C=O) groups excluding carboxylic acids is 1. The summed E-state index contributed by atoms with van der Waals surface area (Å²) in [4.78, 5) is 24.6. The van der Waals surface area contributed by atoms with Crippen LogP contribution in [0.1, 0.15) is 27.0 Å². The SMILES string of the molecule is Cc1ccc(NC(=O)c2ccc(=O)n(Cc3ccccc3F)c2)c(C)c1. The first kappa shape index (κ1) is 17.6. The molecule has 3 aromatic rings. The van der Waals surface area contributed by atoms with Crippen LogP contribution in [0, 0.1) is 19.7 Å². The van der Waals surface area contributed by atoms with Crippen molar-refractivity contribution in [3.63, 3.8) is 0 Å². The van der Waals surface area contributed by atoms with Gasteiger partial charge in [-0.1, -0.05) is 35.9 Å². The van der Waals surface area contributed by atoms with Gasteiger partial charge in [-0.25, -0.2) is 4.39 Å². The molecule has 1 amide bonds. The molecule has 1 heterocycles. The van der Waals surface area contributed by atoms with Crippen molar-refractivity contribution in [2.45, 2.75) is 20.4 Å². The van der Waals surface area contributed by atoms with E-state index >= 15 is 0 Å². The number of nitrogens with one attached hydrogen (secondary N) is 1. The number of nitrogens with zero attached hydrogens (tertiary/aromatic N) is 1. The second-order valence-corrected chi connectivity index (χ2v) is 6.25. The van der Waals surface area contributed by atoms with Crippen molar-refractivity contribution < 1.29 is 9.18 Å². The number of anilines is 1. The van der Waals surface area contributed by atoms with Crippen LogP contribution in [0.5, 0.6) is 0 Å². The van der Waals surface area contributed by atoms with Crippen LogP contribution in [0.2, 0.25) is 0 Å². The quantitative estimate of drug-likeness (QED) is 0.776. The third kappa shape index (κ3) is 3.88. The highest BCUT2D eigenvalue weighted by molar-refractivity contribution is 6.04. The summed E-state index contributed by atoms with van der Waals surface area (Å²) in [5, 5.41) is 2.85. The van der Waals surface area contributed by atoms with Crippen molar-refractivity contribution in [3.8, 4) is 0 Å². The van der Waals surface area contributed by atoms with E-state index in [1.54, 1.807) is 18.2 Å². The van der Waals surface area contributed by atoms with E-state index in [1.165, 1.54) is 29.0 Å². The zero-order valence-electron chi connectivity index (χ0n) is 14.6. The molecule has 0 aliphatic heterocycles. The molecule has 0 saturated heterocycles. The molecule has 2 aromatic carbocycles. The van der Waals surface area contributed by atoms with Gasteiger partial charge in [-0.2, -0.15) is 0 Å². The van der Waals surface area contributed by atoms with E-state index in [2.05, 4.69) is 5.32 Å². The largest absolute Gasteiger partial charge is 0.322 e. The summed E-state index contributed by atoms with van der Waals surface area (Å²) >= 11 is 0. The Hall–Kier alpha value is -3.21. The van der Waals surface area contributed by atoms with Crippen LogP contribution in [0.25, 0.3) is 0 Å². The third-order valence-corrected chi connectivity index (χ3v) is 4.17. The number of pyridine rings is 1. The molecule has 5 heteroatoms. The molecule has 0 unspecified atom stereocenters. The average Bonchev–Trinajstić information content (AvgIpc) is 2.61. The van der Waals surface area contributed by atoms with Crippen LogP contribution in [0.15, 0.2) is 65.6 Å². The molecule has 1 N–H and O–H groups in total. The standard InChI is InChI=1S/C21H19FN2O2/c1-14-7-9-19(15(2)11-14)23-21(26)17-8-10-20(25)24(13-17)12-16-5-3-4-6-18(16)22/h3-11,13H,12H2,1-2H3,(H,23,26). The maximum absolute atomic E-state index is 13.8. The lowest BCUT2D eigenvalue weighted by Crippen LogP contribution is -2.23. The van der Waals surface area contributed by atoms with Gasteiger partial charge in [0.1, 0.15) is 5.82 Å².